The first-order valence-corrected chi connectivity index (χ1v) is 5.17. The Morgan fingerprint density at radius 3 is 2.29 bits per heavy atom. The first-order chi connectivity index (χ1) is 8.01. The largest absolute Gasteiger partial charge is 0.325 e. The Labute approximate surface area is 101 Å². The molecule has 0 unspecified atom stereocenters. The van der Waals surface area contributed by atoms with Gasteiger partial charge in [0.2, 0.25) is 5.91 Å². The lowest BCUT2D eigenvalue weighted by Gasteiger charge is -2.06. The number of benzene rings is 1. The highest BCUT2D eigenvalue weighted by Crippen LogP contribution is 2.12. The monoisotopic (exact) mass is 262 g/mol. The van der Waals surface area contributed by atoms with E-state index in [4.69, 9.17) is 11.6 Å². The Hall–Kier alpha value is -1.69. The van der Waals surface area contributed by atoms with Gasteiger partial charge >= 0.3 is 6.03 Å². The lowest BCUT2D eigenvalue weighted by atomic mass is 10.3. The molecular formula is C10H9ClF2N2O2. The topological polar surface area (TPSA) is 58.2 Å². The van der Waals surface area contributed by atoms with Crippen LogP contribution in [0, 0.1) is 11.6 Å². The van der Waals surface area contributed by atoms with Gasteiger partial charge in [0.05, 0.1) is 0 Å². The lowest BCUT2D eigenvalue weighted by Crippen LogP contribution is -2.34. The van der Waals surface area contributed by atoms with Gasteiger partial charge in [-0.2, -0.15) is 0 Å². The maximum absolute atomic E-state index is 12.8. The molecule has 0 saturated carbocycles. The van der Waals surface area contributed by atoms with Crippen LogP contribution < -0.4 is 10.6 Å². The van der Waals surface area contributed by atoms with Gasteiger partial charge in [-0.05, 0) is 12.1 Å². The van der Waals surface area contributed by atoms with Crippen molar-refractivity contribution in [3.63, 3.8) is 0 Å². The predicted octanol–water partition coefficient (Wildman–Crippen LogP) is 2.24. The van der Waals surface area contributed by atoms with Gasteiger partial charge in [-0.25, -0.2) is 13.6 Å². The molecule has 1 rings (SSSR count). The zero-order chi connectivity index (χ0) is 12.8. The average molecular weight is 263 g/mol. The number of hydrogen-bond acceptors (Lipinski definition) is 2. The number of halogens is 3. The van der Waals surface area contributed by atoms with Crippen molar-refractivity contribution >= 4 is 29.2 Å². The third-order valence-corrected chi connectivity index (χ3v) is 1.88. The van der Waals surface area contributed by atoms with Crippen LogP contribution in [-0.2, 0) is 4.79 Å². The zero-order valence-corrected chi connectivity index (χ0v) is 9.35. The molecule has 0 fully saturated rings. The van der Waals surface area contributed by atoms with E-state index in [0.717, 1.165) is 12.1 Å². The Kier molecular flexibility index (Phi) is 4.84. The van der Waals surface area contributed by atoms with E-state index >= 15 is 0 Å². The first kappa shape index (κ1) is 13.4. The minimum atomic E-state index is -0.870. The Bertz CT molecular complexity index is 420. The molecular weight excluding hydrogens is 254 g/mol. The number of carbonyl (C=O) groups is 2. The fourth-order valence-electron chi connectivity index (χ4n) is 1.06. The molecule has 0 aromatic heterocycles. The van der Waals surface area contributed by atoms with Crippen LogP contribution in [0.5, 0.6) is 0 Å². The fraction of sp³-hybridized carbons (Fsp3) is 0.200. The smallest absolute Gasteiger partial charge is 0.307 e. The molecule has 0 aliphatic heterocycles. The summed E-state index contributed by atoms with van der Waals surface area (Å²) in [7, 11) is 0. The first-order valence-electron chi connectivity index (χ1n) is 4.64. The van der Waals surface area contributed by atoms with Crippen LogP contribution in [0.25, 0.3) is 0 Å². The van der Waals surface area contributed by atoms with Crippen LogP contribution in [0.2, 0.25) is 0 Å². The van der Waals surface area contributed by atoms with E-state index in [9.17, 15) is 18.4 Å². The highest BCUT2D eigenvalue weighted by Gasteiger charge is 2.08. The number of amides is 3. The van der Waals surface area contributed by atoms with Crippen molar-refractivity contribution < 1.29 is 18.4 Å². The molecule has 0 spiro atoms. The van der Waals surface area contributed by atoms with Crippen LogP contribution in [-0.4, -0.2) is 17.8 Å². The molecule has 0 atom stereocenters. The van der Waals surface area contributed by atoms with Crippen molar-refractivity contribution in [3.8, 4) is 0 Å². The lowest BCUT2D eigenvalue weighted by molar-refractivity contribution is -0.119. The Morgan fingerprint density at radius 1 is 1.18 bits per heavy atom. The summed E-state index contributed by atoms with van der Waals surface area (Å²) in [4.78, 5) is 22.2. The second-order valence-electron chi connectivity index (χ2n) is 3.10. The minimum Gasteiger partial charge on any atom is -0.307 e. The van der Waals surface area contributed by atoms with Gasteiger partial charge < -0.3 is 5.32 Å². The van der Waals surface area contributed by atoms with Gasteiger partial charge in [-0.15, -0.1) is 11.6 Å². The molecule has 0 aliphatic carbocycles. The van der Waals surface area contributed by atoms with Gasteiger partial charge in [-0.3, -0.25) is 10.1 Å². The molecule has 1 aromatic carbocycles. The molecule has 92 valence electrons. The van der Waals surface area contributed by atoms with Crippen LogP contribution >= 0.6 is 11.6 Å². The van der Waals surface area contributed by atoms with Crippen molar-refractivity contribution in [3.05, 3.63) is 29.8 Å². The van der Waals surface area contributed by atoms with Crippen molar-refractivity contribution in [2.45, 2.75) is 6.42 Å². The van der Waals surface area contributed by atoms with Gasteiger partial charge in [0.15, 0.2) is 0 Å². The third-order valence-electron chi connectivity index (χ3n) is 1.69. The molecule has 2 N–H and O–H groups in total. The van der Waals surface area contributed by atoms with Crippen molar-refractivity contribution in [1.82, 2.24) is 5.32 Å². The van der Waals surface area contributed by atoms with Gasteiger partial charge in [-0.1, -0.05) is 0 Å². The SMILES string of the molecule is O=C(CCCl)NC(=O)Nc1cc(F)cc(F)c1. The van der Waals surface area contributed by atoms with Crippen molar-refractivity contribution in [1.29, 1.82) is 0 Å². The van der Waals surface area contributed by atoms with E-state index in [1.54, 1.807) is 0 Å². The highest BCUT2D eigenvalue weighted by molar-refractivity contribution is 6.19. The maximum Gasteiger partial charge on any atom is 0.325 e. The summed E-state index contributed by atoms with van der Waals surface area (Å²) in [5.41, 5.74) is -0.0846. The summed E-state index contributed by atoms with van der Waals surface area (Å²) >= 11 is 5.29. The number of imide groups is 1. The maximum atomic E-state index is 12.8. The van der Waals surface area contributed by atoms with Crippen LogP contribution in [0.4, 0.5) is 19.3 Å². The predicted molar refractivity (Wildman–Crippen MR) is 58.9 cm³/mol. The van der Waals surface area contributed by atoms with E-state index in [0.29, 0.717) is 6.07 Å². The average Bonchev–Trinajstić information content (AvgIpc) is 2.14. The van der Waals surface area contributed by atoms with E-state index in [2.05, 4.69) is 5.32 Å². The quantitative estimate of drug-likeness (QED) is 0.821. The summed E-state index contributed by atoms with van der Waals surface area (Å²) in [6, 6.07) is 1.65. The van der Waals surface area contributed by atoms with E-state index in [1.165, 1.54) is 0 Å². The molecule has 4 nitrogen and oxygen atoms in total. The molecule has 1 aromatic rings. The molecule has 0 bridgehead atoms. The van der Waals surface area contributed by atoms with E-state index < -0.39 is 23.6 Å². The van der Waals surface area contributed by atoms with Gasteiger partial charge in [0, 0.05) is 24.1 Å². The number of nitrogens with one attached hydrogen (secondary N) is 2. The second kappa shape index (κ2) is 6.15. The molecule has 0 saturated heterocycles. The molecule has 17 heavy (non-hydrogen) atoms. The van der Waals surface area contributed by atoms with Crippen LogP contribution in [0.1, 0.15) is 6.42 Å². The number of carbonyl (C=O) groups excluding carboxylic acids is 2. The van der Waals surface area contributed by atoms with Gasteiger partial charge in [0.25, 0.3) is 0 Å². The summed E-state index contributed by atoms with van der Waals surface area (Å²) < 4.78 is 25.5. The standard InChI is InChI=1S/C10H9ClF2N2O2/c11-2-1-9(16)15-10(17)14-8-4-6(12)3-7(13)5-8/h3-5H,1-2H2,(H2,14,15,16,17). The van der Waals surface area contributed by atoms with Crippen molar-refractivity contribution in [2.75, 3.05) is 11.2 Å². The number of anilines is 1. The third kappa shape index (κ3) is 4.78. The van der Waals surface area contributed by atoms with E-state index in [-0.39, 0.29) is 18.0 Å². The normalized spacial score (nSPS) is 9.82. The fourth-order valence-corrected chi connectivity index (χ4v) is 1.23. The Morgan fingerprint density at radius 2 is 1.76 bits per heavy atom. The van der Waals surface area contributed by atoms with Crippen LogP contribution in [0.3, 0.4) is 0 Å². The van der Waals surface area contributed by atoms with Crippen LogP contribution in [0.15, 0.2) is 18.2 Å². The number of rotatable bonds is 3. The van der Waals surface area contributed by atoms with E-state index in [1.807, 2.05) is 5.32 Å². The summed E-state index contributed by atoms with van der Waals surface area (Å²) in [5.74, 6) is -2.15. The summed E-state index contributed by atoms with van der Waals surface area (Å²) in [5, 5.41) is 4.07. The summed E-state index contributed by atoms with van der Waals surface area (Å²) in [6.07, 6.45) is -0.0213. The molecule has 0 aliphatic rings. The molecule has 0 heterocycles. The molecule has 3 amide bonds. The number of alkyl halides is 1. The summed E-state index contributed by atoms with van der Waals surface area (Å²) in [6.45, 7) is 0. The zero-order valence-electron chi connectivity index (χ0n) is 8.60. The number of urea groups is 1. The van der Waals surface area contributed by atoms with Gasteiger partial charge in [0.1, 0.15) is 11.6 Å². The van der Waals surface area contributed by atoms with Crippen molar-refractivity contribution in [2.24, 2.45) is 0 Å². The minimum absolute atomic E-state index is 0.0213. The second-order valence-corrected chi connectivity index (χ2v) is 3.48. The molecule has 0 radical (unpaired) electrons. The highest BCUT2D eigenvalue weighted by atomic mass is 35.5. The number of hydrogen-bond donors (Lipinski definition) is 2. The Balaban J connectivity index is 2.59. The molecule has 7 heteroatoms.